The smallest absolute Gasteiger partial charge is 0.326 e. The zero-order valence-corrected chi connectivity index (χ0v) is 27.0. The third-order valence-corrected chi connectivity index (χ3v) is 6.66. The molecule has 3 atom stereocenters. The summed E-state index contributed by atoms with van der Waals surface area (Å²) in [5.74, 6) is -5.73. The Hall–Kier alpha value is -5.50. The molecule has 0 saturated heterocycles. The number of nitrogens with zero attached hydrogens (tertiary/aromatic N) is 1. The van der Waals surface area contributed by atoms with Crippen LogP contribution in [0.4, 0.5) is 0 Å². The minimum Gasteiger partial charge on any atom is -0.508 e. The van der Waals surface area contributed by atoms with Crippen LogP contribution in [0.2, 0.25) is 0 Å². The number of rotatable bonds is 23. The monoisotopic (exact) mass is 693 g/mol. The number of hydrogen-bond acceptors (Lipinski definition) is 11. The number of phenols is 1. The normalized spacial score (nSPS) is 12.3. The Morgan fingerprint density at radius 2 is 1.24 bits per heavy atom. The highest BCUT2D eigenvalue weighted by Crippen LogP contribution is 2.11. The van der Waals surface area contributed by atoms with Crippen LogP contribution < -0.4 is 54.8 Å². The van der Waals surface area contributed by atoms with Crippen molar-refractivity contribution in [1.82, 2.24) is 31.9 Å². The number of carbonyl (C=O) groups is 7. The van der Waals surface area contributed by atoms with Gasteiger partial charge in [-0.1, -0.05) is 18.6 Å². The molecular formula is C29H47N11O9. The molecule has 20 heteroatoms. The average molecular weight is 694 g/mol. The first kappa shape index (κ1) is 41.5. The van der Waals surface area contributed by atoms with Gasteiger partial charge in [-0.3, -0.25) is 33.8 Å². The molecule has 0 fully saturated rings. The molecule has 6 amide bonds. The highest BCUT2D eigenvalue weighted by Gasteiger charge is 2.24. The van der Waals surface area contributed by atoms with E-state index in [2.05, 4.69) is 36.9 Å². The second kappa shape index (κ2) is 22.9. The fourth-order valence-corrected chi connectivity index (χ4v) is 4.02. The Labute approximate surface area is 282 Å². The van der Waals surface area contributed by atoms with Crippen LogP contribution in [0.5, 0.6) is 5.75 Å². The van der Waals surface area contributed by atoms with Gasteiger partial charge in [0, 0.05) is 13.0 Å². The molecule has 16 N–H and O–H groups in total. The molecule has 1 rings (SSSR count). The van der Waals surface area contributed by atoms with E-state index in [1.807, 2.05) is 0 Å². The van der Waals surface area contributed by atoms with Crippen LogP contribution in [0.1, 0.15) is 37.7 Å². The first-order valence-corrected chi connectivity index (χ1v) is 15.4. The van der Waals surface area contributed by atoms with Crippen LogP contribution in [0, 0.1) is 0 Å². The summed E-state index contributed by atoms with van der Waals surface area (Å²) < 4.78 is 0. The molecular weight excluding hydrogens is 646 g/mol. The van der Waals surface area contributed by atoms with Crippen molar-refractivity contribution in [2.75, 3.05) is 39.3 Å². The van der Waals surface area contributed by atoms with Crippen LogP contribution in [-0.2, 0) is 40.0 Å². The fraction of sp³-hybridized carbons (Fsp3) is 0.517. The van der Waals surface area contributed by atoms with Crippen molar-refractivity contribution in [3.8, 4) is 5.75 Å². The topological polar surface area (TPSA) is 349 Å². The summed E-state index contributed by atoms with van der Waals surface area (Å²) in [5, 5.41) is 32.7. The van der Waals surface area contributed by atoms with Crippen LogP contribution in [-0.4, -0.2) is 115 Å². The van der Waals surface area contributed by atoms with Gasteiger partial charge in [0.2, 0.25) is 35.4 Å². The lowest BCUT2D eigenvalue weighted by Gasteiger charge is -2.20. The summed E-state index contributed by atoms with van der Waals surface area (Å²) in [6.45, 7) is -1.55. The van der Waals surface area contributed by atoms with Crippen LogP contribution in [0.15, 0.2) is 29.3 Å². The number of benzene rings is 1. The minimum atomic E-state index is -1.30. The molecule has 20 nitrogen and oxygen atoms in total. The number of carboxylic acids is 1. The summed E-state index contributed by atoms with van der Waals surface area (Å²) in [4.78, 5) is 89.1. The van der Waals surface area contributed by atoms with Gasteiger partial charge in [-0.05, 0) is 49.9 Å². The molecule has 0 bridgehead atoms. The lowest BCUT2D eigenvalue weighted by Crippen LogP contribution is -2.53. The van der Waals surface area contributed by atoms with Crippen molar-refractivity contribution >= 4 is 47.4 Å². The lowest BCUT2D eigenvalue weighted by molar-refractivity contribution is -0.141. The van der Waals surface area contributed by atoms with Crippen molar-refractivity contribution < 1.29 is 43.8 Å². The molecule has 0 radical (unpaired) electrons. The number of nitrogens with two attached hydrogens (primary N) is 4. The maximum absolute atomic E-state index is 12.8. The summed E-state index contributed by atoms with van der Waals surface area (Å²) in [7, 11) is 0. The number of carbonyl (C=O) groups excluding carboxylic acids is 6. The fourth-order valence-electron chi connectivity index (χ4n) is 4.02. The van der Waals surface area contributed by atoms with E-state index in [0.717, 1.165) is 0 Å². The Bertz CT molecular complexity index is 1300. The predicted octanol–water partition coefficient (Wildman–Crippen LogP) is -5.04. The predicted molar refractivity (Wildman–Crippen MR) is 176 cm³/mol. The maximum Gasteiger partial charge on any atom is 0.326 e. The van der Waals surface area contributed by atoms with E-state index >= 15 is 0 Å². The van der Waals surface area contributed by atoms with E-state index in [9.17, 15) is 43.8 Å². The van der Waals surface area contributed by atoms with E-state index in [-0.39, 0.29) is 31.1 Å². The average Bonchev–Trinajstić information content (AvgIpc) is 3.05. The van der Waals surface area contributed by atoms with Crippen molar-refractivity contribution in [2.24, 2.45) is 27.9 Å². The number of hydrogen-bond donors (Lipinski definition) is 12. The van der Waals surface area contributed by atoms with E-state index in [1.54, 1.807) is 0 Å². The molecule has 0 saturated carbocycles. The Balaban J connectivity index is 2.45. The number of phenolic OH excluding ortho intramolecular Hbond substituents is 1. The summed E-state index contributed by atoms with van der Waals surface area (Å²) in [6, 6.07) is 2.54. The second-order valence-electron chi connectivity index (χ2n) is 10.8. The first-order chi connectivity index (χ1) is 23.2. The number of aliphatic carboxylic acids is 1. The second-order valence-corrected chi connectivity index (χ2v) is 10.8. The minimum absolute atomic E-state index is 0.00181. The van der Waals surface area contributed by atoms with Crippen LogP contribution in [0.25, 0.3) is 0 Å². The van der Waals surface area contributed by atoms with Crippen molar-refractivity contribution in [2.45, 2.75) is 56.7 Å². The summed E-state index contributed by atoms with van der Waals surface area (Å²) in [6.07, 6.45) is 2.07. The Kier molecular flexibility index (Phi) is 19.4. The largest absolute Gasteiger partial charge is 0.508 e. The molecule has 0 aliphatic heterocycles. The number of nitrogens with one attached hydrogen (secondary N) is 6. The standard InChI is InChI=1S/C29H47N11O9/c30-10-2-1-4-19(31)26(46)40-20(5-3-11-34-29(32)33)27(47)38-15-24(44)36-13-22(42)35-14-23(43)37-16-25(45)39-21(28(48)49)12-17-6-8-18(41)9-7-17/h6-9,19-21,41H,1-5,10-16,30-31H2,(H,35,42)(H,36,44)(H,37,43)(H,38,47)(H,39,45)(H,40,46)(H,48,49)(H4,32,33,34)/t19-,20-,21-/m0/s1. The van der Waals surface area contributed by atoms with Gasteiger partial charge in [-0.2, -0.15) is 0 Å². The van der Waals surface area contributed by atoms with E-state index in [4.69, 9.17) is 22.9 Å². The van der Waals surface area contributed by atoms with Crippen molar-refractivity contribution in [1.29, 1.82) is 0 Å². The van der Waals surface area contributed by atoms with Crippen LogP contribution in [0.3, 0.4) is 0 Å². The molecule has 0 spiro atoms. The lowest BCUT2D eigenvalue weighted by atomic mass is 10.1. The van der Waals surface area contributed by atoms with Gasteiger partial charge in [-0.15, -0.1) is 0 Å². The van der Waals surface area contributed by atoms with Crippen molar-refractivity contribution in [3.05, 3.63) is 29.8 Å². The van der Waals surface area contributed by atoms with Gasteiger partial charge < -0.3 is 65.0 Å². The van der Waals surface area contributed by atoms with Gasteiger partial charge in [0.1, 0.15) is 17.8 Å². The molecule has 0 aliphatic carbocycles. The first-order valence-electron chi connectivity index (χ1n) is 15.4. The highest BCUT2D eigenvalue weighted by molar-refractivity contribution is 5.93. The number of unbranched alkanes of at least 4 members (excludes halogenated alkanes) is 1. The Morgan fingerprint density at radius 1 is 0.694 bits per heavy atom. The molecule has 1 aromatic rings. The van der Waals surface area contributed by atoms with E-state index in [0.29, 0.717) is 37.8 Å². The SMILES string of the molecule is NCCCC[C@H](N)C(=O)N[C@@H](CCCN=C(N)N)C(=O)NCC(=O)NCC(=O)NCC(=O)NCC(=O)N[C@@H](Cc1ccc(O)cc1)C(=O)O. The van der Waals surface area contributed by atoms with Crippen molar-refractivity contribution in [3.63, 3.8) is 0 Å². The molecule has 0 unspecified atom stereocenters. The quantitative estimate of drug-likeness (QED) is 0.0290. The van der Waals surface area contributed by atoms with Gasteiger partial charge in [-0.25, -0.2) is 4.79 Å². The molecule has 1 aromatic carbocycles. The summed E-state index contributed by atoms with van der Waals surface area (Å²) >= 11 is 0. The molecule has 272 valence electrons. The van der Waals surface area contributed by atoms with Gasteiger partial charge in [0.15, 0.2) is 5.96 Å². The Morgan fingerprint density at radius 3 is 1.78 bits per heavy atom. The van der Waals surface area contributed by atoms with Gasteiger partial charge >= 0.3 is 5.97 Å². The van der Waals surface area contributed by atoms with Crippen LogP contribution >= 0.6 is 0 Å². The van der Waals surface area contributed by atoms with E-state index < -0.39 is 85.7 Å². The van der Waals surface area contributed by atoms with Gasteiger partial charge in [0.25, 0.3) is 0 Å². The molecule has 0 heterocycles. The van der Waals surface area contributed by atoms with Gasteiger partial charge in [0.05, 0.1) is 32.2 Å². The molecule has 0 aromatic heterocycles. The third-order valence-electron chi connectivity index (χ3n) is 6.66. The molecule has 49 heavy (non-hydrogen) atoms. The van der Waals surface area contributed by atoms with E-state index in [1.165, 1.54) is 24.3 Å². The number of aromatic hydroxyl groups is 1. The number of amides is 6. The number of carboxylic acid groups (broad SMARTS) is 1. The third kappa shape index (κ3) is 19.0. The summed E-state index contributed by atoms with van der Waals surface area (Å²) in [5.41, 5.74) is 22.5. The number of guanidine groups is 1. The molecule has 0 aliphatic rings. The maximum atomic E-state index is 12.8. The highest BCUT2D eigenvalue weighted by atomic mass is 16.4. The number of aliphatic imine (C=N–C) groups is 1. The zero-order chi connectivity index (χ0) is 36.8. The zero-order valence-electron chi connectivity index (χ0n) is 27.0.